The Bertz CT molecular complexity index is 1240. The highest BCUT2D eigenvalue weighted by molar-refractivity contribution is 6.14. The highest BCUT2D eigenvalue weighted by atomic mass is 19.1. The number of carbonyl (C=O) groups is 2. The van der Waals surface area contributed by atoms with Crippen LogP contribution in [0, 0.1) is 33.5 Å². The number of hydrogen-bond acceptors (Lipinski definition) is 2. The van der Waals surface area contributed by atoms with Crippen molar-refractivity contribution in [3.63, 3.8) is 0 Å². The monoisotopic (exact) mass is 417 g/mol. The smallest absolute Gasteiger partial charge is 0.318 e. The number of nitrogens with one attached hydrogen (secondary N) is 1. The highest BCUT2D eigenvalue weighted by Gasteiger charge is 2.34. The number of halogens is 1. The Balaban J connectivity index is 1.66. The van der Waals surface area contributed by atoms with Crippen molar-refractivity contribution in [3.8, 4) is 5.69 Å². The molecule has 0 radical (unpaired) electrons. The Labute approximate surface area is 180 Å². The van der Waals surface area contributed by atoms with Gasteiger partial charge >= 0.3 is 6.03 Å². The van der Waals surface area contributed by atoms with Crippen molar-refractivity contribution in [2.75, 3.05) is 0 Å². The summed E-state index contributed by atoms with van der Waals surface area (Å²) < 4.78 is 16.1. The Kier molecular flexibility index (Phi) is 5.23. The highest BCUT2D eigenvalue weighted by Crippen LogP contribution is 2.26. The number of benzene rings is 2. The minimum Gasteiger partial charge on any atom is -0.318 e. The normalized spacial score (nSPS) is 15.1. The van der Waals surface area contributed by atoms with E-state index in [1.54, 1.807) is 24.3 Å². The van der Waals surface area contributed by atoms with Crippen LogP contribution in [-0.2, 0) is 11.3 Å². The fraction of sp³-hybridized carbons (Fsp3) is 0.200. The van der Waals surface area contributed by atoms with E-state index in [0.717, 1.165) is 33.1 Å². The molecule has 2 aromatic carbocycles. The minimum atomic E-state index is -0.553. The van der Waals surface area contributed by atoms with Crippen molar-refractivity contribution in [2.24, 2.45) is 0 Å². The summed E-state index contributed by atoms with van der Waals surface area (Å²) in [5, 5.41) is 2.62. The van der Waals surface area contributed by atoms with Gasteiger partial charge in [-0.2, -0.15) is 0 Å². The molecule has 31 heavy (non-hydrogen) atoms. The van der Waals surface area contributed by atoms with E-state index in [1.165, 1.54) is 11.6 Å². The van der Waals surface area contributed by atoms with Crippen LogP contribution in [0.15, 0.2) is 54.2 Å². The van der Waals surface area contributed by atoms with Crippen molar-refractivity contribution in [2.45, 2.75) is 34.2 Å². The van der Waals surface area contributed by atoms with Gasteiger partial charge in [-0.1, -0.05) is 35.9 Å². The average Bonchev–Trinajstić information content (AvgIpc) is 3.14. The fourth-order valence-corrected chi connectivity index (χ4v) is 4.03. The van der Waals surface area contributed by atoms with Crippen LogP contribution in [0.2, 0.25) is 0 Å². The summed E-state index contributed by atoms with van der Waals surface area (Å²) in [6.45, 7) is 8.01. The third kappa shape index (κ3) is 3.77. The van der Waals surface area contributed by atoms with Gasteiger partial charge in [-0.05, 0) is 63.1 Å². The molecular formula is C25H24FN3O2. The van der Waals surface area contributed by atoms with Crippen molar-refractivity contribution in [3.05, 3.63) is 93.7 Å². The fourth-order valence-electron chi connectivity index (χ4n) is 4.03. The van der Waals surface area contributed by atoms with E-state index >= 15 is 0 Å². The zero-order chi connectivity index (χ0) is 22.3. The van der Waals surface area contributed by atoms with Crippen LogP contribution >= 0.6 is 0 Å². The lowest BCUT2D eigenvalue weighted by atomic mass is 10.1. The molecule has 0 unspecified atom stereocenters. The molecule has 4 rings (SSSR count). The van der Waals surface area contributed by atoms with Gasteiger partial charge in [0, 0.05) is 22.6 Å². The van der Waals surface area contributed by atoms with Crippen LogP contribution in [-0.4, -0.2) is 21.4 Å². The average molecular weight is 417 g/mol. The molecule has 0 bridgehead atoms. The van der Waals surface area contributed by atoms with Gasteiger partial charge in [0.25, 0.3) is 5.91 Å². The first-order chi connectivity index (χ1) is 14.8. The predicted molar refractivity (Wildman–Crippen MR) is 118 cm³/mol. The Morgan fingerprint density at radius 1 is 1.00 bits per heavy atom. The number of aryl methyl sites for hydroxylation is 3. The van der Waals surface area contributed by atoms with E-state index < -0.39 is 17.8 Å². The number of hydrogen-bond donors (Lipinski definition) is 1. The molecule has 0 saturated carbocycles. The van der Waals surface area contributed by atoms with Gasteiger partial charge in [0.1, 0.15) is 11.5 Å². The van der Waals surface area contributed by atoms with Gasteiger partial charge in [-0.25, -0.2) is 9.18 Å². The molecule has 1 aromatic heterocycles. The summed E-state index contributed by atoms with van der Waals surface area (Å²) in [5.74, 6) is -0.915. The number of amides is 3. The molecule has 0 atom stereocenters. The van der Waals surface area contributed by atoms with Gasteiger partial charge in [-0.15, -0.1) is 0 Å². The maximum Gasteiger partial charge on any atom is 0.329 e. The number of carbonyl (C=O) groups excluding carboxylic acids is 2. The van der Waals surface area contributed by atoms with Gasteiger partial charge in [0.2, 0.25) is 0 Å². The lowest BCUT2D eigenvalue weighted by Gasteiger charge is -2.13. The van der Waals surface area contributed by atoms with E-state index in [1.807, 2.05) is 19.9 Å². The molecule has 3 aromatic rings. The van der Waals surface area contributed by atoms with Gasteiger partial charge in [-0.3, -0.25) is 9.69 Å². The molecule has 158 valence electrons. The summed E-state index contributed by atoms with van der Waals surface area (Å²) in [7, 11) is 0. The largest absolute Gasteiger partial charge is 0.329 e. The van der Waals surface area contributed by atoms with E-state index in [-0.39, 0.29) is 12.2 Å². The summed E-state index contributed by atoms with van der Waals surface area (Å²) >= 11 is 0. The predicted octanol–water partition coefficient (Wildman–Crippen LogP) is 4.94. The number of aromatic nitrogens is 1. The molecule has 0 spiro atoms. The Morgan fingerprint density at radius 2 is 1.74 bits per heavy atom. The van der Waals surface area contributed by atoms with Crippen LogP contribution in [0.3, 0.4) is 0 Å². The number of rotatable bonds is 4. The van der Waals surface area contributed by atoms with Gasteiger partial charge < -0.3 is 9.88 Å². The van der Waals surface area contributed by atoms with Crippen molar-refractivity contribution in [1.29, 1.82) is 0 Å². The van der Waals surface area contributed by atoms with E-state index in [9.17, 15) is 14.0 Å². The molecule has 1 fully saturated rings. The zero-order valence-electron chi connectivity index (χ0n) is 18.0. The molecule has 0 aliphatic carbocycles. The van der Waals surface area contributed by atoms with E-state index in [4.69, 9.17) is 0 Å². The first-order valence-corrected chi connectivity index (χ1v) is 10.1. The van der Waals surface area contributed by atoms with Crippen LogP contribution in [0.4, 0.5) is 9.18 Å². The molecule has 3 amide bonds. The van der Waals surface area contributed by atoms with Crippen molar-refractivity contribution >= 4 is 18.0 Å². The maximum atomic E-state index is 14.0. The van der Waals surface area contributed by atoms with Crippen molar-refractivity contribution < 1.29 is 14.0 Å². The van der Waals surface area contributed by atoms with Gasteiger partial charge in [0.05, 0.1) is 6.54 Å². The molecule has 1 aliphatic rings. The van der Waals surface area contributed by atoms with Crippen LogP contribution < -0.4 is 5.32 Å². The quantitative estimate of drug-likeness (QED) is 0.483. The third-order valence-corrected chi connectivity index (χ3v) is 5.61. The third-order valence-electron chi connectivity index (χ3n) is 5.61. The lowest BCUT2D eigenvalue weighted by molar-refractivity contribution is -0.123. The summed E-state index contributed by atoms with van der Waals surface area (Å²) in [6, 6.07) is 13.8. The second kappa shape index (κ2) is 7.87. The summed E-state index contributed by atoms with van der Waals surface area (Å²) in [5.41, 5.74) is 6.73. The summed E-state index contributed by atoms with van der Waals surface area (Å²) in [4.78, 5) is 26.2. The van der Waals surface area contributed by atoms with E-state index in [0.29, 0.717) is 5.56 Å². The molecule has 2 heterocycles. The zero-order valence-corrected chi connectivity index (χ0v) is 18.0. The maximum absolute atomic E-state index is 14.0. The lowest BCUT2D eigenvalue weighted by Crippen LogP contribution is -2.30. The second-order valence-electron chi connectivity index (χ2n) is 7.92. The molecule has 5 nitrogen and oxygen atoms in total. The first-order valence-electron chi connectivity index (χ1n) is 10.1. The van der Waals surface area contributed by atoms with Gasteiger partial charge in [0.15, 0.2) is 0 Å². The molecule has 6 heteroatoms. The molecular weight excluding hydrogens is 393 g/mol. The number of urea groups is 1. The Hall–Kier alpha value is -3.67. The van der Waals surface area contributed by atoms with Crippen LogP contribution in [0.25, 0.3) is 11.8 Å². The van der Waals surface area contributed by atoms with Crippen molar-refractivity contribution in [1.82, 2.24) is 14.8 Å². The Morgan fingerprint density at radius 3 is 2.45 bits per heavy atom. The molecule has 1 saturated heterocycles. The van der Waals surface area contributed by atoms with Crippen LogP contribution in [0.1, 0.15) is 33.6 Å². The number of imide groups is 1. The standard InChI is InChI=1S/C25H24FN3O2/c1-15-9-10-23(16(2)11-15)29-17(3)12-20(18(29)4)13-22-24(30)28(25(31)27-22)14-19-7-5-6-8-21(19)26/h5-13H,14H2,1-4H3,(H,27,31)/b22-13+. The summed E-state index contributed by atoms with van der Waals surface area (Å²) in [6.07, 6.45) is 1.68. The SMILES string of the molecule is Cc1ccc(-n2c(C)cc(/C=C3/NC(=O)N(Cc4ccccc4F)C3=O)c2C)c(C)c1. The second-order valence-corrected chi connectivity index (χ2v) is 7.92. The first kappa shape index (κ1) is 20.6. The topological polar surface area (TPSA) is 54.3 Å². The molecule has 1 N–H and O–H groups in total. The number of nitrogens with zero attached hydrogens (tertiary/aromatic N) is 2. The van der Waals surface area contributed by atoms with Crippen LogP contribution in [0.5, 0.6) is 0 Å². The molecule has 1 aliphatic heterocycles. The minimum absolute atomic E-state index is 0.115. The van der Waals surface area contributed by atoms with E-state index in [2.05, 4.69) is 41.9 Å².